The van der Waals surface area contributed by atoms with Gasteiger partial charge in [-0.2, -0.15) is 0 Å². The van der Waals surface area contributed by atoms with E-state index in [-0.39, 0.29) is 6.61 Å². The second-order valence-electron chi connectivity index (χ2n) is 3.12. The summed E-state index contributed by atoms with van der Waals surface area (Å²) in [7, 11) is 1.52. The summed E-state index contributed by atoms with van der Waals surface area (Å²) >= 11 is 0. The molecule has 0 atom stereocenters. The van der Waals surface area contributed by atoms with Gasteiger partial charge in [-0.25, -0.2) is 0 Å². The number of methoxy groups -OCH3 is 1. The molecule has 17 heavy (non-hydrogen) atoms. The molecule has 0 radical (unpaired) electrons. The lowest BCUT2D eigenvalue weighted by atomic mass is 10.3. The number of carbonyl (C=O) groups excluding carboxylic acids is 2. The van der Waals surface area contributed by atoms with Gasteiger partial charge in [-0.15, -0.1) is 0 Å². The van der Waals surface area contributed by atoms with Crippen LogP contribution < -0.4 is 19.9 Å². The molecule has 0 unspecified atom stereocenters. The van der Waals surface area contributed by atoms with Crippen LogP contribution in [0.5, 0.6) is 11.5 Å². The van der Waals surface area contributed by atoms with Crippen LogP contribution in [-0.4, -0.2) is 32.1 Å². The smallest absolute Gasteiger partial charge is 0.258 e. The van der Waals surface area contributed by atoms with Crippen LogP contribution in [0.25, 0.3) is 0 Å². The Morgan fingerprint density at radius 2 is 2.06 bits per heavy atom. The molecule has 0 bridgehead atoms. The van der Waals surface area contributed by atoms with Crippen LogP contribution in [-0.2, 0) is 9.59 Å². The quantitative estimate of drug-likeness (QED) is 0.682. The predicted octanol–water partition coefficient (Wildman–Crippen LogP) is -1.06. The summed E-state index contributed by atoms with van der Waals surface area (Å²) in [5.41, 5.74) is 0. The number of ether oxygens (including phenoxy) is 2. The first-order chi connectivity index (χ1) is 8.11. The second kappa shape index (κ2) is 6.37. The Hall–Kier alpha value is -2.24. The van der Waals surface area contributed by atoms with E-state index in [4.69, 9.17) is 9.47 Å². The Kier molecular flexibility index (Phi) is 4.80. The maximum atomic E-state index is 11.1. The van der Waals surface area contributed by atoms with E-state index in [1.807, 2.05) is 0 Å². The van der Waals surface area contributed by atoms with E-state index in [1.54, 1.807) is 24.3 Å². The van der Waals surface area contributed by atoms with E-state index in [2.05, 4.69) is 5.32 Å². The molecule has 0 aliphatic rings. The Morgan fingerprint density at radius 3 is 2.71 bits per heavy atom. The Labute approximate surface area is 98.2 Å². The van der Waals surface area contributed by atoms with Crippen LogP contribution in [0.2, 0.25) is 0 Å². The van der Waals surface area contributed by atoms with Crippen molar-refractivity contribution in [3.63, 3.8) is 0 Å². The van der Waals surface area contributed by atoms with Gasteiger partial charge in [0.2, 0.25) is 0 Å². The van der Waals surface area contributed by atoms with Crippen LogP contribution in [0, 0.1) is 0 Å². The third kappa shape index (κ3) is 4.87. The first kappa shape index (κ1) is 12.8. The summed E-state index contributed by atoms with van der Waals surface area (Å²) in [6.07, 6.45) is 0. The summed E-state index contributed by atoms with van der Waals surface area (Å²) in [5.74, 6) is -0.803. The van der Waals surface area contributed by atoms with Gasteiger partial charge in [0.25, 0.3) is 5.91 Å². The second-order valence-corrected chi connectivity index (χ2v) is 3.12. The van der Waals surface area contributed by atoms with Crippen LogP contribution in [0.4, 0.5) is 0 Å². The molecule has 0 aliphatic heterocycles. The highest BCUT2D eigenvalue weighted by molar-refractivity contribution is 5.81. The van der Waals surface area contributed by atoms with Crippen LogP contribution in [0.3, 0.4) is 0 Å². The predicted molar refractivity (Wildman–Crippen MR) is 56.5 cm³/mol. The molecule has 0 aromatic heterocycles. The van der Waals surface area contributed by atoms with Crippen molar-refractivity contribution in [2.75, 3.05) is 20.3 Å². The summed E-state index contributed by atoms with van der Waals surface area (Å²) in [6, 6.07) is 6.73. The lowest BCUT2D eigenvalue weighted by Crippen LogP contribution is -2.39. The molecule has 92 valence electrons. The molecule has 0 saturated carbocycles. The molecule has 0 fully saturated rings. The minimum Gasteiger partial charge on any atom is -0.548 e. The molecule has 0 heterocycles. The molecule has 1 rings (SSSR count). The zero-order chi connectivity index (χ0) is 12.7. The van der Waals surface area contributed by atoms with Crippen LogP contribution >= 0.6 is 0 Å². The monoisotopic (exact) mass is 238 g/mol. The van der Waals surface area contributed by atoms with Gasteiger partial charge in [0.05, 0.1) is 19.6 Å². The van der Waals surface area contributed by atoms with Crippen molar-refractivity contribution >= 4 is 11.9 Å². The number of rotatable bonds is 6. The normalized spacial score (nSPS) is 9.47. The van der Waals surface area contributed by atoms with Crippen molar-refractivity contribution in [3.05, 3.63) is 24.3 Å². The number of benzene rings is 1. The summed E-state index contributed by atoms with van der Waals surface area (Å²) in [5, 5.41) is 12.2. The number of carboxylic acids is 1. The van der Waals surface area contributed by atoms with E-state index in [9.17, 15) is 14.7 Å². The molecule has 1 amide bonds. The molecule has 0 aliphatic carbocycles. The number of hydrogen-bond donors (Lipinski definition) is 1. The van der Waals surface area contributed by atoms with Gasteiger partial charge in [0.15, 0.2) is 6.61 Å². The summed E-state index contributed by atoms with van der Waals surface area (Å²) < 4.78 is 10.1. The van der Waals surface area contributed by atoms with Crippen LogP contribution in [0.15, 0.2) is 24.3 Å². The number of carboxylic acid groups (broad SMARTS) is 1. The number of carbonyl (C=O) groups is 2. The average Bonchev–Trinajstić information content (AvgIpc) is 2.34. The van der Waals surface area contributed by atoms with E-state index >= 15 is 0 Å². The zero-order valence-corrected chi connectivity index (χ0v) is 9.26. The van der Waals surface area contributed by atoms with Gasteiger partial charge in [0, 0.05) is 6.07 Å². The molecule has 1 aromatic carbocycles. The van der Waals surface area contributed by atoms with E-state index in [1.165, 1.54) is 7.11 Å². The first-order valence-electron chi connectivity index (χ1n) is 4.85. The maximum Gasteiger partial charge on any atom is 0.258 e. The number of hydrogen-bond acceptors (Lipinski definition) is 5. The first-order valence-corrected chi connectivity index (χ1v) is 4.85. The lowest BCUT2D eigenvalue weighted by Gasteiger charge is -2.08. The molecule has 0 saturated heterocycles. The molecule has 0 spiro atoms. The Balaban J connectivity index is 2.39. The molecule has 1 N–H and O–H groups in total. The van der Waals surface area contributed by atoms with Gasteiger partial charge in [-0.1, -0.05) is 6.07 Å². The van der Waals surface area contributed by atoms with Crippen molar-refractivity contribution in [3.8, 4) is 11.5 Å². The van der Waals surface area contributed by atoms with Crippen molar-refractivity contribution in [1.29, 1.82) is 0 Å². The summed E-state index contributed by atoms with van der Waals surface area (Å²) in [4.78, 5) is 21.2. The van der Waals surface area contributed by atoms with Gasteiger partial charge >= 0.3 is 0 Å². The van der Waals surface area contributed by atoms with E-state index in [0.717, 1.165) is 0 Å². The van der Waals surface area contributed by atoms with Crippen molar-refractivity contribution in [2.45, 2.75) is 0 Å². The number of nitrogens with one attached hydrogen (secondary N) is 1. The van der Waals surface area contributed by atoms with Gasteiger partial charge in [0.1, 0.15) is 11.5 Å². The highest BCUT2D eigenvalue weighted by atomic mass is 16.5. The van der Waals surface area contributed by atoms with Crippen molar-refractivity contribution < 1.29 is 24.2 Å². The SMILES string of the molecule is COc1cccc(OCC(=O)NCC(=O)[O-])c1. The fourth-order valence-corrected chi connectivity index (χ4v) is 1.06. The third-order valence-corrected chi connectivity index (χ3v) is 1.84. The number of aliphatic carboxylic acids is 1. The van der Waals surface area contributed by atoms with Gasteiger partial charge in [-0.05, 0) is 12.1 Å². The standard InChI is InChI=1S/C11H13NO5/c1-16-8-3-2-4-9(5-8)17-7-10(13)12-6-11(14)15/h2-5H,6-7H2,1H3,(H,12,13)(H,14,15)/p-1. The average molecular weight is 238 g/mol. The minimum absolute atomic E-state index is 0.263. The molecular weight excluding hydrogens is 226 g/mol. The lowest BCUT2D eigenvalue weighted by molar-refractivity contribution is -0.304. The fraction of sp³-hybridized carbons (Fsp3) is 0.273. The van der Waals surface area contributed by atoms with Crippen molar-refractivity contribution in [1.82, 2.24) is 5.32 Å². The third-order valence-electron chi connectivity index (χ3n) is 1.84. The van der Waals surface area contributed by atoms with E-state index in [0.29, 0.717) is 11.5 Å². The molecule has 1 aromatic rings. The molecule has 6 heteroatoms. The van der Waals surface area contributed by atoms with Gasteiger partial charge in [-0.3, -0.25) is 4.79 Å². The van der Waals surface area contributed by atoms with Crippen molar-refractivity contribution in [2.24, 2.45) is 0 Å². The minimum atomic E-state index is -1.35. The largest absolute Gasteiger partial charge is 0.548 e. The van der Waals surface area contributed by atoms with Crippen LogP contribution in [0.1, 0.15) is 0 Å². The Morgan fingerprint density at radius 1 is 1.35 bits per heavy atom. The highest BCUT2D eigenvalue weighted by Crippen LogP contribution is 2.18. The topological polar surface area (TPSA) is 87.7 Å². The Bertz CT molecular complexity index is 405. The maximum absolute atomic E-state index is 11.1. The van der Waals surface area contributed by atoms with E-state index < -0.39 is 18.4 Å². The van der Waals surface area contributed by atoms with Gasteiger partial charge < -0.3 is 24.7 Å². The zero-order valence-electron chi connectivity index (χ0n) is 9.26. The summed E-state index contributed by atoms with van der Waals surface area (Å²) in [6.45, 7) is -0.791. The molecule has 6 nitrogen and oxygen atoms in total. The fourth-order valence-electron chi connectivity index (χ4n) is 1.06. The molecular formula is C11H12NO5-. The highest BCUT2D eigenvalue weighted by Gasteiger charge is 2.02. The number of amides is 1.